The van der Waals surface area contributed by atoms with Crippen molar-refractivity contribution in [2.45, 2.75) is 44.6 Å². The molecule has 1 atom stereocenters. The molecule has 0 amide bonds. The van der Waals surface area contributed by atoms with E-state index in [1.54, 1.807) is 6.26 Å². The number of isocyanates is 2. The average Bonchev–Trinajstić information content (AvgIpc) is 2.39. The molecular formula is C12H17N3O3. The fraction of sp³-hybridized carbons (Fsp3) is 0.750. The molecule has 18 heavy (non-hydrogen) atoms. The molecule has 0 spiro atoms. The molecule has 98 valence electrons. The molecule has 0 fully saturated rings. The fourth-order valence-electron chi connectivity index (χ4n) is 1.54. The monoisotopic (exact) mass is 251 g/mol. The number of hydrogen-bond acceptors (Lipinski definition) is 6. The first-order valence-electron chi connectivity index (χ1n) is 5.96. The van der Waals surface area contributed by atoms with Crippen LogP contribution in [0.1, 0.15) is 38.5 Å². The molecule has 0 aromatic heterocycles. The van der Waals surface area contributed by atoms with Gasteiger partial charge in [0.05, 0.1) is 12.6 Å². The van der Waals surface area contributed by atoms with Crippen molar-refractivity contribution in [3.05, 3.63) is 0 Å². The van der Waals surface area contributed by atoms with Gasteiger partial charge < -0.3 is 4.74 Å². The van der Waals surface area contributed by atoms with Gasteiger partial charge in [-0.1, -0.05) is 25.7 Å². The standard InChI is InChI=1S/C12H17N3O3/c13-9-18-8-12(15-11-17)6-4-2-1-3-5-7-14-10-16/h12H,1-8H2. The van der Waals surface area contributed by atoms with Crippen LogP contribution in [-0.2, 0) is 14.3 Å². The Kier molecular flexibility index (Phi) is 11.7. The molecule has 0 aromatic rings. The summed E-state index contributed by atoms with van der Waals surface area (Å²) < 4.78 is 4.55. The molecule has 0 aliphatic rings. The minimum atomic E-state index is -0.276. The summed E-state index contributed by atoms with van der Waals surface area (Å²) in [6, 6.07) is -0.276. The summed E-state index contributed by atoms with van der Waals surface area (Å²) in [7, 11) is 0. The van der Waals surface area contributed by atoms with Crippen molar-refractivity contribution in [3.8, 4) is 6.26 Å². The van der Waals surface area contributed by atoms with E-state index in [9.17, 15) is 9.59 Å². The van der Waals surface area contributed by atoms with Crippen LogP contribution in [0.25, 0.3) is 0 Å². The summed E-state index contributed by atoms with van der Waals surface area (Å²) in [6.45, 7) is 0.678. The maximum atomic E-state index is 10.1. The van der Waals surface area contributed by atoms with Gasteiger partial charge in [0.15, 0.2) is 0 Å². The molecule has 0 N–H and O–H groups in total. The zero-order valence-corrected chi connectivity index (χ0v) is 10.3. The zero-order chi connectivity index (χ0) is 13.5. The summed E-state index contributed by atoms with van der Waals surface area (Å²) in [5.74, 6) is 0. The summed E-state index contributed by atoms with van der Waals surface area (Å²) in [5.41, 5.74) is 0. The number of ether oxygens (including phenoxy) is 1. The largest absolute Gasteiger partial charge is 0.425 e. The van der Waals surface area contributed by atoms with Gasteiger partial charge in [-0.15, -0.1) is 0 Å². The van der Waals surface area contributed by atoms with Gasteiger partial charge in [-0.2, -0.15) is 10.3 Å². The Bertz CT molecular complexity index is 339. The minimum Gasteiger partial charge on any atom is -0.425 e. The van der Waals surface area contributed by atoms with Gasteiger partial charge in [-0.3, -0.25) is 0 Å². The zero-order valence-electron chi connectivity index (χ0n) is 10.3. The molecule has 6 heteroatoms. The number of hydrogen-bond donors (Lipinski definition) is 0. The van der Waals surface area contributed by atoms with Gasteiger partial charge in [-0.25, -0.2) is 14.6 Å². The van der Waals surface area contributed by atoms with Crippen LogP contribution in [0.2, 0.25) is 0 Å². The van der Waals surface area contributed by atoms with Gasteiger partial charge in [0.25, 0.3) is 6.26 Å². The summed E-state index contributed by atoms with van der Waals surface area (Å²) in [4.78, 5) is 27.0. The highest BCUT2D eigenvalue weighted by Gasteiger charge is 2.07. The first-order chi connectivity index (χ1) is 8.85. The van der Waals surface area contributed by atoms with E-state index < -0.39 is 0 Å². The van der Waals surface area contributed by atoms with E-state index in [0.29, 0.717) is 13.0 Å². The summed E-state index contributed by atoms with van der Waals surface area (Å²) >= 11 is 0. The Balaban J connectivity index is 3.51. The van der Waals surface area contributed by atoms with E-state index in [-0.39, 0.29) is 12.6 Å². The van der Waals surface area contributed by atoms with E-state index in [1.807, 2.05) is 0 Å². The number of aliphatic imine (C=N–C) groups is 2. The third-order valence-electron chi connectivity index (χ3n) is 2.45. The molecule has 0 radical (unpaired) electrons. The molecule has 0 aliphatic carbocycles. The molecule has 0 heterocycles. The Morgan fingerprint density at radius 1 is 1.06 bits per heavy atom. The molecule has 0 saturated carbocycles. The van der Waals surface area contributed by atoms with Crippen LogP contribution < -0.4 is 0 Å². The second-order valence-electron chi connectivity index (χ2n) is 3.81. The first-order valence-corrected chi connectivity index (χ1v) is 5.96. The number of carbonyl (C=O) groups excluding carboxylic acids is 2. The van der Waals surface area contributed by atoms with Crippen molar-refractivity contribution in [3.63, 3.8) is 0 Å². The SMILES string of the molecule is N#COCC(CCCCCCCN=C=O)N=C=O. The third kappa shape index (κ3) is 10.6. The Morgan fingerprint density at radius 2 is 1.78 bits per heavy atom. The minimum absolute atomic E-state index is 0.139. The Labute approximate surface area is 106 Å². The quantitative estimate of drug-likeness (QED) is 0.242. The van der Waals surface area contributed by atoms with Crippen molar-refractivity contribution >= 4 is 12.2 Å². The fourth-order valence-corrected chi connectivity index (χ4v) is 1.54. The van der Waals surface area contributed by atoms with Crippen LogP contribution in [-0.4, -0.2) is 31.4 Å². The number of nitrogens with zero attached hydrogens (tertiary/aromatic N) is 3. The molecule has 0 bridgehead atoms. The van der Waals surface area contributed by atoms with Crippen LogP contribution in [0.3, 0.4) is 0 Å². The predicted molar refractivity (Wildman–Crippen MR) is 64.2 cm³/mol. The van der Waals surface area contributed by atoms with E-state index >= 15 is 0 Å². The van der Waals surface area contributed by atoms with Crippen molar-refractivity contribution in [1.82, 2.24) is 0 Å². The topological polar surface area (TPSA) is 91.9 Å². The van der Waals surface area contributed by atoms with Gasteiger partial charge in [-0.05, 0) is 12.8 Å². The lowest BCUT2D eigenvalue weighted by Gasteiger charge is -2.07. The molecule has 0 rings (SSSR count). The second-order valence-corrected chi connectivity index (χ2v) is 3.81. The smallest absolute Gasteiger partial charge is 0.286 e. The lowest BCUT2D eigenvalue weighted by atomic mass is 10.1. The van der Waals surface area contributed by atoms with Gasteiger partial charge >= 0.3 is 0 Å². The summed E-state index contributed by atoms with van der Waals surface area (Å²) in [5, 5.41) is 8.25. The Hall–Kier alpha value is -1.95. The van der Waals surface area contributed by atoms with Crippen LogP contribution in [0, 0.1) is 11.5 Å². The van der Waals surface area contributed by atoms with E-state index in [1.165, 1.54) is 12.2 Å². The Morgan fingerprint density at radius 3 is 2.44 bits per heavy atom. The van der Waals surface area contributed by atoms with Crippen LogP contribution >= 0.6 is 0 Å². The van der Waals surface area contributed by atoms with Gasteiger partial charge in [0.1, 0.15) is 6.61 Å². The number of nitriles is 1. The van der Waals surface area contributed by atoms with Gasteiger partial charge in [0, 0.05) is 0 Å². The number of rotatable bonds is 11. The van der Waals surface area contributed by atoms with E-state index in [2.05, 4.69) is 14.7 Å². The maximum absolute atomic E-state index is 10.1. The molecule has 0 aliphatic heterocycles. The lowest BCUT2D eigenvalue weighted by Crippen LogP contribution is -2.11. The molecule has 1 unspecified atom stereocenters. The molecule has 6 nitrogen and oxygen atoms in total. The molecule has 0 aromatic carbocycles. The van der Waals surface area contributed by atoms with Crippen LogP contribution in [0.15, 0.2) is 9.98 Å². The van der Waals surface area contributed by atoms with Crippen LogP contribution in [0.5, 0.6) is 0 Å². The van der Waals surface area contributed by atoms with Crippen LogP contribution in [0.4, 0.5) is 0 Å². The van der Waals surface area contributed by atoms with Gasteiger partial charge in [0.2, 0.25) is 12.2 Å². The highest BCUT2D eigenvalue weighted by atomic mass is 16.5. The normalized spacial score (nSPS) is 10.6. The lowest BCUT2D eigenvalue weighted by molar-refractivity contribution is 0.239. The first kappa shape index (κ1) is 16.1. The van der Waals surface area contributed by atoms with Crippen molar-refractivity contribution in [1.29, 1.82) is 5.26 Å². The summed E-state index contributed by atoms with van der Waals surface area (Å²) in [6.07, 6.45) is 10.1. The highest BCUT2D eigenvalue weighted by molar-refractivity contribution is 5.33. The molecule has 0 saturated heterocycles. The predicted octanol–water partition coefficient (Wildman–Crippen LogP) is 1.86. The van der Waals surface area contributed by atoms with Crippen molar-refractivity contribution < 1.29 is 14.3 Å². The van der Waals surface area contributed by atoms with Crippen molar-refractivity contribution in [2.24, 2.45) is 9.98 Å². The average molecular weight is 251 g/mol. The maximum Gasteiger partial charge on any atom is 0.286 e. The van der Waals surface area contributed by atoms with Crippen molar-refractivity contribution in [2.75, 3.05) is 13.2 Å². The van der Waals surface area contributed by atoms with E-state index in [4.69, 9.17) is 5.26 Å². The highest BCUT2D eigenvalue weighted by Crippen LogP contribution is 2.09. The van der Waals surface area contributed by atoms with E-state index in [0.717, 1.165) is 32.1 Å². The second kappa shape index (κ2) is 13.1. The molecular weight excluding hydrogens is 234 g/mol. The number of unbranched alkanes of at least 4 members (excludes halogenated alkanes) is 4. The third-order valence-corrected chi connectivity index (χ3v) is 2.45.